The van der Waals surface area contributed by atoms with E-state index in [0.717, 1.165) is 75.6 Å². The van der Waals surface area contributed by atoms with Gasteiger partial charge >= 0.3 is 0 Å². The van der Waals surface area contributed by atoms with Gasteiger partial charge in [-0.05, 0) is 75.9 Å². The van der Waals surface area contributed by atoms with Crippen molar-refractivity contribution in [2.45, 2.75) is 50.1 Å². The van der Waals surface area contributed by atoms with E-state index in [4.69, 9.17) is 16.3 Å². The summed E-state index contributed by atoms with van der Waals surface area (Å²) in [6.07, 6.45) is 4.70. The number of halogens is 2. The number of aryl methyl sites for hydroxylation is 3. The molecule has 5 rings (SSSR count). The second-order valence-corrected chi connectivity index (χ2v) is 11.8. The maximum Gasteiger partial charge on any atom is 0.191 e. The third-order valence-electron chi connectivity index (χ3n) is 7.05. The highest BCUT2D eigenvalue weighted by Crippen LogP contribution is 2.48. The fraction of sp³-hybridized carbons (Fsp3) is 0.542. The van der Waals surface area contributed by atoms with Crippen LogP contribution in [0.25, 0.3) is 10.7 Å². The lowest BCUT2D eigenvalue weighted by atomic mass is 9.81. The summed E-state index contributed by atoms with van der Waals surface area (Å²) in [6, 6.07) is 4.32. The molecule has 1 saturated heterocycles. The number of fused-ring (bicyclic) bond motifs is 2. The van der Waals surface area contributed by atoms with E-state index in [1.165, 1.54) is 24.0 Å². The van der Waals surface area contributed by atoms with Gasteiger partial charge in [-0.15, -0.1) is 33.9 Å². The Kier molecular flexibility index (Phi) is 7.84. The largest absolute Gasteiger partial charge is 0.495 e. The fourth-order valence-corrected chi connectivity index (χ4v) is 7.40. The third-order valence-corrected chi connectivity index (χ3v) is 9.52. The molecule has 0 saturated carbocycles. The number of rotatable bonds is 7. The van der Waals surface area contributed by atoms with Crippen molar-refractivity contribution < 1.29 is 4.74 Å². The molecule has 184 valence electrons. The van der Waals surface area contributed by atoms with Gasteiger partial charge in [0.2, 0.25) is 0 Å². The van der Waals surface area contributed by atoms with E-state index < -0.39 is 0 Å². The average Bonchev–Trinajstić information content (AvgIpc) is 3.54. The molecule has 6 nitrogen and oxygen atoms in total. The lowest BCUT2D eigenvalue weighted by molar-refractivity contribution is 0.310. The van der Waals surface area contributed by atoms with Gasteiger partial charge in [-0.2, -0.15) is 0 Å². The summed E-state index contributed by atoms with van der Waals surface area (Å²) in [6.45, 7) is 7.48. The van der Waals surface area contributed by atoms with E-state index in [-0.39, 0.29) is 17.8 Å². The molecule has 1 spiro atoms. The maximum absolute atomic E-state index is 6.37. The van der Waals surface area contributed by atoms with Crippen LogP contribution in [0.5, 0.6) is 5.75 Å². The van der Waals surface area contributed by atoms with Crippen molar-refractivity contribution in [3.63, 3.8) is 0 Å². The molecule has 1 aliphatic carbocycles. The number of thiazole rings is 1. The van der Waals surface area contributed by atoms with E-state index in [1.54, 1.807) is 30.2 Å². The minimum atomic E-state index is 0. The van der Waals surface area contributed by atoms with Crippen molar-refractivity contribution in [3.8, 4) is 16.5 Å². The van der Waals surface area contributed by atoms with Gasteiger partial charge in [0.25, 0.3) is 0 Å². The second kappa shape index (κ2) is 10.3. The molecule has 0 bridgehead atoms. The predicted octanol–water partition coefficient (Wildman–Crippen LogP) is 5.71. The summed E-state index contributed by atoms with van der Waals surface area (Å²) in [4.78, 5) is 8.27. The first kappa shape index (κ1) is 25.8. The summed E-state index contributed by atoms with van der Waals surface area (Å²) >= 11 is 9.85. The van der Waals surface area contributed by atoms with E-state index in [0.29, 0.717) is 0 Å². The molecule has 3 aromatic rings. The number of nitrogens with zero attached hydrogens (tertiary/aromatic N) is 5. The van der Waals surface area contributed by atoms with Crippen LogP contribution >= 0.6 is 47.1 Å². The molecule has 0 N–H and O–H groups in total. The molecule has 2 aromatic heterocycles. The zero-order valence-corrected chi connectivity index (χ0v) is 23.3. The van der Waals surface area contributed by atoms with E-state index >= 15 is 0 Å². The topological polar surface area (TPSA) is 56.1 Å². The Bertz CT molecular complexity index is 1180. The van der Waals surface area contributed by atoms with Crippen LogP contribution in [0.2, 0.25) is 5.02 Å². The fourth-order valence-electron chi connectivity index (χ4n) is 5.36. The van der Waals surface area contributed by atoms with Crippen LogP contribution in [0.15, 0.2) is 17.3 Å². The first-order valence-corrected chi connectivity index (χ1v) is 13.6. The molecule has 1 aliphatic heterocycles. The summed E-state index contributed by atoms with van der Waals surface area (Å²) in [5.41, 5.74) is 4.16. The molecule has 1 unspecified atom stereocenters. The van der Waals surface area contributed by atoms with Crippen LogP contribution in [-0.2, 0) is 18.9 Å². The smallest absolute Gasteiger partial charge is 0.191 e. The minimum Gasteiger partial charge on any atom is -0.495 e. The standard InChI is InChI=1S/C24H30ClN5OS2.ClH/c1-15-21(33-16(2)26-15)22-27-28-23(29(22)3)32-11-5-9-30-10-8-24(14-30)7-6-17-12-19(25)20(31-4)13-18(17)24;/h12-13H,5-11,14H2,1-4H3;1H. The van der Waals surface area contributed by atoms with E-state index in [9.17, 15) is 0 Å². The highest BCUT2D eigenvalue weighted by Gasteiger charge is 2.44. The van der Waals surface area contributed by atoms with Crippen LogP contribution in [0, 0.1) is 13.8 Å². The summed E-state index contributed by atoms with van der Waals surface area (Å²) in [5.74, 6) is 2.76. The van der Waals surface area contributed by atoms with Crippen molar-refractivity contribution in [2.75, 3.05) is 32.5 Å². The number of likely N-dealkylation sites (tertiary alicyclic amines) is 1. The highest BCUT2D eigenvalue weighted by molar-refractivity contribution is 7.99. The monoisotopic (exact) mass is 539 g/mol. The molecule has 34 heavy (non-hydrogen) atoms. The second-order valence-electron chi connectivity index (χ2n) is 9.17. The third kappa shape index (κ3) is 4.72. The number of hydrogen-bond donors (Lipinski definition) is 0. The highest BCUT2D eigenvalue weighted by atomic mass is 35.5. The number of methoxy groups -OCH3 is 1. The molecule has 1 aromatic carbocycles. The number of ether oxygens (including phenoxy) is 1. The van der Waals surface area contributed by atoms with Crippen LogP contribution in [0.1, 0.15) is 41.1 Å². The van der Waals surface area contributed by atoms with E-state index in [2.05, 4.69) is 43.8 Å². The number of aromatic nitrogens is 4. The lowest BCUT2D eigenvalue weighted by Crippen LogP contribution is -2.29. The predicted molar refractivity (Wildman–Crippen MR) is 143 cm³/mol. The van der Waals surface area contributed by atoms with Crippen LogP contribution in [0.4, 0.5) is 0 Å². The molecule has 3 heterocycles. The number of benzene rings is 1. The molecule has 1 fully saturated rings. The van der Waals surface area contributed by atoms with Crippen molar-refractivity contribution in [2.24, 2.45) is 7.05 Å². The summed E-state index contributed by atoms with van der Waals surface area (Å²) in [5, 5.41) is 11.6. The van der Waals surface area contributed by atoms with Gasteiger partial charge in [-0.1, -0.05) is 23.4 Å². The first-order valence-electron chi connectivity index (χ1n) is 11.5. The van der Waals surface area contributed by atoms with Gasteiger partial charge in [0.15, 0.2) is 11.0 Å². The van der Waals surface area contributed by atoms with Crippen molar-refractivity contribution in [3.05, 3.63) is 39.0 Å². The molecular formula is C24H31Cl2N5OS2. The number of thioether (sulfide) groups is 1. The Morgan fingerprint density at radius 1 is 1.24 bits per heavy atom. The normalized spacial score (nSPS) is 19.6. The average molecular weight is 541 g/mol. The number of hydrogen-bond acceptors (Lipinski definition) is 7. The minimum absolute atomic E-state index is 0. The van der Waals surface area contributed by atoms with Crippen LogP contribution in [0.3, 0.4) is 0 Å². The van der Waals surface area contributed by atoms with Crippen molar-refractivity contribution in [1.29, 1.82) is 0 Å². The van der Waals surface area contributed by atoms with Gasteiger partial charge in [-0.3, -0.25) is 0 Å². The first-order chi connectivity index (χ1) is 15.9. The lowest BCUT2D eigenvalue weighted by Gasteiger charge is -2.26. The Morgan fingerprint density at radius 3 is 2.79 bits per heavy atom. The van der Waals surface area contributed by atoms with Crippen LogP contribution in [-0.4, -0.2) is 57.1 Å². The van der Waals surface area contributed by atoms with Gasteiger partial charge in [0, 0.05) is 24.8 Å². The van der Waals surface area contributed by atoms with E-state index in [1.807, 2.05) is 13.8 Å². The summed E-state index contributed by atoms with van der Waals surface area (Å²) < 4.78 is 7.61. The van der Waals surface area contributed by atoms with Crippen molar-refractivity contribution >= 4 is 47.1 Å². The molecular weight excluding hydrogens is 509 g/mol. The molecule has 1 atom stereocenters. The Balaban J connectivity index is 0.00000274. The molecule has 10 heteroatoms. The SMILES string of the molecule is COc1cc2c(cc1Cl)CCC21CCN(CCCSc2nnc(-c3sc(C)nc3C)n2C)C1.Cl. The molecule has 0 amide bonds. The van der Waals surface area contributed by atoms with Gasteiger partial charge in [0.05, 0.1) is 27.7 Å². The Labute approximate surface area is 220 Å². The molecule has 2 aliphatic rings. The quantitative estimate of drug-likeness (QED) is 0.283. The van der Waals surface area contributed by atoms with Gasteiger partial charge in [-0.25, -0.2) is 4.98 Å². The molecule has 0 radical (unpaired) electrons. The van der Waals surface area contributed by atoms with Crippen molar-refractivity contribution in [1.82, 2.24) is 24.6 Å². The maximum atomic E-state index is 6.37. The van der Waals surface area contributed by atoms with Gasteiger partial charge < -0.3 is 14.2 Å². The van der Waals surface area contributed by atoms with Gasteiger partial charge in [0.1, 0.15) is 5.75 Å². The Hall–Kier alpha value is -1.32. The zero-order valence-electron chi connectivity index (χ0n) is 20.1. The summed E-state index contributed by atoms with van der Waals surface area (Å²) in [7, 11) is 3.75. The Morgan fingerprint density at radius 2 is 2.06 bits per heavy atom. The van der Waals surface area contributed by atoms with Crippen LogP contribution < -0.4 is 4.74 Å². The zero-order chi connectivity index (χ0) is 23.2.